The molecule has 0 spiro atoms. The van der Waals surface area contributed by atoms with E-state index in [-0.39, 0.29) is 17.4 Å². The fourth-order valence-electron chi connectivity index (χ4n) is 4.41. The Kier molecular flexibility index (Phi) is 6.66. The number of benzene rings is 2. The molecule has 2 aromatic heterocycles. The van der Waals surface area contributed by atoms with E-state index in [2.05, 4.69) is 15.1 Å². The van der Waals surface area contributed by atoms with Crippen molar-refractivity contribution >= 4 is 29.0 Å². The maximum atomic E-state index is 13.1. The fraction of sp³-hybridized carbons (Fsp3) is 0.280. The lowest BCUT2D eigenvalue weighted by Crippen LogP contribution is -2.21. The van der Waals surface area contributed by atoms with E-state index in [0.29, 0.717) is 58.0 Å². The number of carbonyl (C=O) groups excluding carboxylic acids is 1. The fourth-order valence-corrected chi connectivity index (χ4v) is 5.17. The molecule has 2 aromatic carbocycles. The van der Waals surface area contributed by atoms with Gasteiger partial charge in [-0.3, -0.25) is 14.9 Å². The molecule has 0 amide bonds. The lowest BCUT2D eigenvalue weighted by Gasteiger charge is -2.24. The van der Waals surface area contributed by atoms with E-state index in [1.54, 1.807) is 33.6 Å². The molecule has 1 aliphatic carbocycles. The van der Waals surface area contributed by atoms with E-state index in [1.807, 2.05) is 18.2 Å². The van der Waals surface area contributed by atoms with Crippen LogP contribution in [0.5, 0.6) is 17.2 Å². The van der Waals surface area contributed by atoms with Gasteiger partial charge in [0.15, 0.2) is 17.3 Å². The molecule has 0 fully saturated rings. The number of nitro groups is 1. The predicted molar refractivity (Wildman–Crippen MR) is 135 cm³/mol. The van der Waals surface area contributed by atoms with Gasteiger partial charge in [0.1, 0.15) is 0 Å². The minimum Gasteiger partial charge on any atom is -0.493 e. The summed E-state index contributed by atoms with van der Waals surface area (Å²) in [5, 5.41) is 15.9. The normalized spacial score (nSPS) is 14.9. The Bertz CT molecular complexity index is 1500. The topological polar surface area (TPSA) is 131 Å². The van der Waals surface area contributed by atoms with Crippen molar-refractivity contribution in [1.82, 2.24) is 19.6 Å². The summed E-state index contributed by atoms with van der Waals surface area (Å²) in [7, 11) is 4.66. The largest absolute Gasteiger partial charge is 0.493 e. The summed E-state index contributed by atoms with van der Waals surface area (Å²) in [6.45, 7) is 0. The Hall–Kier alpha value is -4.19. The third-order valence-electron chi connectivity index (χ3n) is 6.21. The van der Waals surface area contributed by atoms with Gasteiger partial charge in [0.05, 0.1) is 37.5 Å². The van der Waals surface area contributed by atoms with Crippen molar-refractivity contribution < 1.29 is 23.9 Å². The Labute approximate surface area is 215 Å². The molecule has 190 valence electrons. The molecule has 2 heterocycles. The highest BCUT2D eigenvalue weighted by atomic mass is 32.2. The Morgan fingerprint density at radius 2 is 1.84 bits per heavy atom. The highest BCUT2D eigenvalue weighted by Gasteiger charge is 2.30. The third-order valence-corrected chi connectivity index (χ3v) is 7.12. The van der Waals surface area contributed by atoms with E-state index in [0.717, 1.165) is 11.1 Å². The molecule has 4 aromatic rings. The second kappa shape index (κ2) is 10.1. The SMILES string of the molecule is COc1cc([C@H]2CC(=O)c3cn4nc(SCc5cccc([N+](=O)[O-])c5)nc4nc3C2)cc(OC)c1OC. The molecule has 11 nitrogen and oxygen atoms in total. The number of aromatic nitrogens is 4. The standard InChI is InChI=1S/C25H23N5O6S/c1-34-21-10-16(11-22(35-2)23(21)36-3)15-8-19-18(20(31)9-15)12-29-24(26-19)27-25(28-29)37-13-14-5-4-6-17(7-14)30(32)33/h4-7,10-12,15H,8-9,13H2,1-3H3/t15-/m1/s1. The number of ether oxygens (including phenoxy) is 3. The number of thioether (sulfide) groups is 1. The second-order valence-electron chi connectivity index (χ2n) is 8.44. The van der Waals surface area contributed by atoms with Crippen LogP contribution < -0.4 is 14.2 Å². The van der Waals surface area contributed by atoms with E-state index in [1.165, 1.54) is 28.4 Å². The maximum absolute atomic E-state index is 13.1. The third kappa shape index (κ3) is 4.79. The highest BCUT2D eigenvalue weighted by Crippen LogP contribution is 2.42. The van der Waals surface area contributed by atoms with Gasteiger partial charge in [0.2, 0.25) is 10.9 Å². The van der Waals surface area contributed by atoms with Crippen molar-refractivity contribution in [2.45, 2.75) is 29.7 Å². The average Bonchev–Trinajstić information content (AvgIpc) is 3.31. The van der Waals surface area contributed by atoms with Crippen LogP contribution in [-0.4, -0.2) is 51.6 Å². The number of ketones is 1. The zero-order chi connectivity index (χ0) is 26.1. The lowest BCUT2D eigenvalue weighted by atomic mass is 9.82. The summed E-state index contributed by atoms with van der Waals surface area (Å²) in [5.74, 6) is 2.25. The molecule has 1 atom stereocenters. The van der Waals surface area contributed by atoms with Crippen molar-refractivity contribution in [2.24, 2.45) is 0 Å². The number of fused-ring (bicyclic) bond motifs is 2. The smallest absolute Gasteiger partial charge is 0.269 e. The number of nitro benzene ring substituents is 1. The Morgan fingerprint density at radius 1 is 1.08 bits per heavy atom. The molecule has 1 aliphatic rings. The van der Waals surface area contributed by atoms with Crippen molar-refractivity contribution in [3.8, 4) is 17.2 Å². The van der Waals surface area contributed by atoms with Gasteiger partial charge >= 0.3 is 0 Å². The van der Waals surface area contributed by atoms with Crippen LogP contribution in [0.2, 0.25) is 0 Å². The first-order valence-electron chi connectivity index (χ1n) is 11.4. The summed E-state index contributed by atoms with van der Waals surface area (Å²) >= 11 is 1.34. The molecule has 0 unspecified atom stereocenters. The lowest BCUT2D eigenvalue weighted by molar-refractivity contribution is -0.384. The van der Waals surface area contributed by atoms with Crippen molar-refractivity contribution in [3.05, 3.63) is 75.1 Å². The number of rotatable bonds is 8. The van der Waals surface area contributed by atoms with E-state index >= 15 is 0 Å². The molecule has 0 bridgehead atoms. The number of methoxy groups -OCH3 is 3. The molecule has 12 heteroatoms. The summed E-state index contributed by atoms with van der Waals surface area (Å²) in [4.78, 5) is 32.8. The van der Waals surface area contributed by atoms with Crippen LogP contribution >= 0.6 is 11.8 Å². The van der Waals surface area contributed by atoms with Crippen LogP contribution in [0, 0.1) is 10.1 Å². The minimum atomic E-state index is -0.422. The summed E-state index contributed by atoms with van der Waals surface area (Å²) < 4.78 is 17.9. The van der Waals surface area contributed by atoms with Crippen LogP contribution in [0.1, 0.15) is 39.5 Å². The van der Waals surface area contributed by atoms with Crippen molar-refractivity contribution in [3.63, 3.8) is 0 Å². The molecule has 0 saturated heterocycles. The first-order valence-corrected chi connectivity index (χ1v) is 12.3. The number of non-ortho nitro benzene ring substituents is 1. The van der Waals surface area contributed by atoms with Crippen LogP contribution in [-0.2, 0) is 12.2 Å². The Morgan fingerprint density at radius 3 is 2.51 bits per heavy atom. The van der Waals surface area contributed by atoms with Crippen LogP contribution in [0.15, 0.2) is 47.8 Å². The second-order valence-corrected chi connectivity index (χ2v) is 9.39. The van der Waals surface area contributed by atoms with Crippen molar-refractivity contribution in [2.75, 3.05) is 21.3 Å². The maximum Gasteiger partial charge on any atom is 0.269 e. The van der Waals surface area contributed by atoms with Gasteiger partial charge < -0.3 is 14.2 Å². The molecule has 5 rings (SSSR count). The van der Waals surface area contributed by atoms with Gasteiger partial charge in [-0.15, -0.1) is 5.10 Å². The average molecular weight is 522 g/mol. The first kappa shape index (κ1) is 24.5. The number of Topliss-reactive ketones (excluding diaryl/α,β-unsaturated/α-hetero) is 1. The number of carbonyl (C=O) groups is 1. The van der Waals surface area contributed by atoms with Gasteiger partial charge in [0.25, 0.3) is 11.5 Å². The van der Waals surface area contributed by atoms with E-state index in [9.17, 15) is 14.9 Å². The predicted octanol–water partition coefficient (Wildman–Crippen LogP) is 4.26. The summed E-state index contributed by atoms with van der Waals surface area (Å²) in [6, 6.07) is 10.2. The molecular formula is C25H23N5O6S. The highest BCUT2D eigenvalue weighted by molar-refractivity contribution is 7.98. The molecule has 0 N–H and O–H groups in total. The Balaban J connectivity index is 1.40. The minimum absolute atomic E-state index is 0.0318. The van der Waals surface area contributed by atoms with Gasteiger partial charge in [-0.25, -0.2) is 9.50 Å². The molecule has 37 heavy (non-hydrogen) atoms. The zero-order valence-corrected chi connectivity index (χ0v) is 21.2. The summed E-state index contributed by atoms with van der Waals surface area (Å²) in [5.41, 5.74) is 2.90. The van der Waals surface area contributed by atoms with Crippen LogP contribution in [0.3, 0.4) is 0 Å². The van der Waals surface area contributed by atoms with Crippen LogP contribution in [0.4, 0.5) is 5.69 Å². The first-order chi connectivity index (χ1) is 17.9. The quantitative estimate of drug-likeness (QED) is 0.188. The molecule has 0 saturated carbocycles. The van der Waals surface area contributed by atoms with Crippen LogP contribution in [0.25, 0.3) is 5.78 Å². The number of hydrogen-bond acceptors (Lipinski definition) is 10. The summed E-state index contributed by atoms with van der Waals surface area (Å²) in [6.07, 6.45) is 2.52. The van der Waals surface area contributed by atoms with Gasteiger partial charge in [0, 0.05) is 30.5 Å². The molecule has 0 aliphatic heterocycles. The van der Waals surface area contributed by atoms with Crippen molar-refractivity contribution in [1.29, 1.82) is 0 Å². The van der Waals surface area contributed by atoms with E-state index in [4.69, 9.17) is 14.2 Å². The number of nitrogens with zero attached hydrogens (tertiary/aromatic N) is 5. The molecular weight excluding hydrogens is 498 g/mol. The van der Waals surface area contributed by atoms with Gasteiger partial charge in [-0.1, -0.05) is 23.9 Å². The van der Waals surface area contributed by atoms with Gasteiger partial charge in [-0.2, -0.15) is 4.98 Å². The van der Waals surface area contributed by atoms with Gasteiger partial charge in [-0.05, 0) is 35.6 Å². The number of hydrogen-bond donors (Lipinski definition) is 0. The van der Waals surface area contributed by atoms with E-state index < -0.39 is 4.92 Å². The monoisotopic (exact) mass is 521 g/mol. The zero-order valence-electron chi connectivity index (χ0n) is 20.3. The molecule has 0 radical (unpaired) electrons.